The Hall–Kier alpha value is -2.11. The Balaban J connectivity index is 2.59. The summed E-state index contributed by atoms with van der Waals surface area (Å²) in [6.45, 7) is 7.92. The Morgan fingerprint density at radius 3 is 1.65 bits per heavy atom. The summed E-state index contributed by atoms with van der Waals surface area (Å²) in [7, 11) is 3.74. The topological polar surface area (TPSA) is 62.7 Å². The van der Waals surface area contributed by atoms with Crippen molar-refractivity contribution in [1.82, 2.24) is 24.5 Å². The number of aryl methyl sites for hydroxylation is 4. The van der Waals surface area contributed by atoms with Crippen molar-refractivity contribution >= 4 is 5.84 Å². The van der Waals surface area contributed by atoms with Gasteiger partial charge in [-0.25, -0.2) is 9.36 Å². The summed E-state index contributed by atoms with van der Waals surface area (Å²) in [5.74, 6) is 0.447. The summed E-state index contributed by atoms with van der Waals surface area (Å²) in [6.07, 6.45) is -0.354. The maximum atomic E-state index is 8.39. The minimum absolute atomic E-state index is 0.354. The fourth-order valence-electron chi connectivity index (χ4n) is 2.35. The summed E-state index contributed by atoms with van der Waals surface area (Å²) in [6, 6.07) is 4.03. The molecule has 0 saturated carbocycles. The van der Waals surface area contributed by atoms with Crippen LogP contribution >= 0.6 is 0 Å². The first-order valence-corrected chi connectivity index (χ1v) is 6.62. The molecule has 0 aliphatic rings. The zero-order valence-corrected chi connectivity index (χ0v) is 13.0. The fraction of sp³-hybridized carbons (Fsp3) is 0.500. The van der Waals surface area contributed by atoms with Crippen LogP contribution in [0.2, 0.25) is 0 Å². The molecule has 20 heavy (non-hydrogen) atoms. The number of hydrogen-bond acceptors (Lipinski definition) is 3. The van der Waals surface area contributed by atoms with Crippen LogP contribution < -0.4 is 0 Å². The summed E-state index contributed by atoms with van der Waals surface area (Å²) >= 11 is 0. The van der Waals surface area contributed by atoms with Gasteiger partial charge in [-0.3, -0.25) is 5.41 Å². The Kier molecular flexibility index (Phi) is 3.65. The normalized spacial score (nSPS) is 11.2. The minimum atomic E-state index is -0.354. The van der Waals surface area contributed by atoms with Gasteiger partial charge >= 0.3 is 0 Å². The van der Waals surface area contributed by atoms with Crippen molar-refractivity contribution in [2.45, 2.75) is 33.9 Å². The van der Waals surface area contributed by atoms with E-state index in [2.05, 4.69) is 10.2 Å². The summed E-state index contributed by atoms with van der Waals surface area (Å²) < 4.78 is 3.72. The summed E-state index contributed by atoms with van der Waals surface area (Å²) in [5, 5.41) is 17.4. The lowest BCUT2D eigenvalue weighted by Crippen LogP contribution is -2.37. The third-order valence-electron chi connectivity index (χ3n) is 3.28. The number of likely N-dealkylation sites (N-methyl/N-ethyl adjacent to an activating group) is 1. The highest BCUT2D eigenvalue weighted by Gasteiger charge is 2.25. The van der Waals surface area contributed by atoms with Crippen molar-refractivity contribution in [2.24, 2.45) is 0 Å². The molecule has 2 aromatic heterocycles. The van der Waals surface area contributed by atoms with Crippen molar-refractivity contribution < 1.29 is 0 Å². The van der Waals surface area contributed by atoms with Gasteiger partial charge in [-0.15, -0.1) is 0 Å². The van der Waals surface area contributed by atoms with Crippen LogP contribution in [0.3, 0.4) is 0 Å². The van der Waals surface area contributed by atoms with Gasteiger partial charge in [-0.2, -0.15) is 10.2 Å². The number of nitrogens with zero attached hydrogens (tertiary/aromatic N) is 5. The van der Waals surface area contributed by atoms with Gasteiger partial charge in [0.15, 0.2) is 0 Å². The van der Waals surface area contributed by atoms with E-state index in [9.17, 15) is 0 Å². The highest BCUT2D eigenvalue weighted by molar-refractivity contribution is 5.82. The number of amidine groups is 1. The SMILES string of the molecule is Cc1cc(C)n(C(C(=N)N(C)C)n2nc(C)cc2C)n1. The summed E-state index contributed by atoms with van der Waals surface area (Å²) in [4.78, 5) is 1.79. The van der Waals surface area contributed by atoms with Gasteiger partial charge in [0, 0.05) is 25.5 Å². The molecule has 0 fully saturated rings. The maximum absolute atomic E-state index is 8.39. The highest BCUT2D eigenvalue weighted by atomic mass is 15.5. The molecule has 0 aliphatic carbocycles. The first-order valence-electron chi connectivity index (χ1n) is 6.62. The average Bonchev–Trinajstić information content (AvgIpc) is 2.83. The maximum Gasteiger partial charge on any atom is 0.200 e. The molecule has 2 rings (SSSR count). The van der Waals surface area contributed by atoms with E-state index >= 15 is 0 Å². The zero-order chi connectivity index (χ0) is 15.0. The van der Waals surface area contributed by atoms with Gasteiger partial charge in [0.05, 0.1) is 11.4 Å². The molecule has 2 heterocycles. The van der Waals surface area contributed by atoms with Crippen LogP contribution in [0.25, 0.3) is 0 Å². The molecule has 0 amide bonds. The Morgan fingerprint density at radius 2 is 1.40 bits per heavy atom. The van der Waals surface area contributed by atoms with Crippen molar-refractivity contribution in [1.29, 1.82) is 5.41 Å². The Morgan fingerprint density at radius 1 is 1.00 bits per heavy atom. The lowest BCUT2D eigenvalue weighted by atomic mass is 10.3. The lowest BCUT2D eigenvalue weighted by molar-refractivity contribution is 0.398. The summed E-state index contributed by atoms with van der Waals surface area (Å²) in [5.41, 5.74) is 3.93. The fourth-order valence-corrected chi connectivity index (χ4v) is 2.35. The molecule has 108 valence electrons. The van der Waals surface area contributed by atoms with Gasteiger partial charge in [0.1, 0.15) is 5.84 Å². The van der Waals surface area contributed by atoms with Crippen LogP contribution in [0.5, 0.6) is 0 Å². The molecule has 1 N–H and O–H groups in total. The zero-order valence-electron chi connectivity index (χ0n) is 13.0. The van der Waals surface area contributed by atoms with Gasteiger partial charge in [-0.1, -0.05) is 0 Å². The van der Waals surface area contributed by atoms with Crippen molar-refractivity contribution in [2.75, 3.05) is 14.1 Å². The van der Waals surface area contributed by atoms with E-state index in [1.165, 1.54) is 0 Å². The second-order valence-corrected chi connectivity index (χ2v) is 5.40. The van der Waals surface area contributed by atoms with Crippen LogP contribution in [-0.4, -0.2) is 44.4 Å². The number of hydrogen-bond donors (Lipinski definition) is 1. The first-order chi connectivity index (χ1) is 9.31. The molecule has 0 unspecified atom stereocenters. The van der Waals surface area contributed by atoms with Crippen LogP contribution in [0.4, 0.5) is 0 Å². The molecular formula is C14H22N6. The quantitative estimate of drug-likeness (QED) is 0.687. The second-order valence-electron chi connectivity index (χ2n) is 5.40. The molecular weight excluding hydrogens is 252 g/mol. The van der Waals surface area contributed by atoms with E-state index in [4.69, 9.17) is 5.41 Å². The van der Waals surface area contributed by atoms with E-state index in [1.54, 1.807) is 4.90 Å². The van der Waals surface area contributed by atoms with Crippen LogP contribution in [0, 0.1) is 33.1 Å². The number of nitrogens with one attached hydrogen (secondary N) is 1. The first kappa shape index (κ1) is 14.3. The third-order valence-corrected chi connectivity index (χ3v) is 3.28. The van der Waals surface area contributed by atoms with E-state index in [0.717, 1.165) is 22.8 Å². The van der Waals surface area contributed by atoms with E-state index < -0.39 is 0 Å². The van der Waals surface area contributed by atoms with Crippen LogP contribution in [0.15, 0.2) is 12.1 Å². The third kappa shape index (κ3) is 2.45. The largest absolute Gasteiger partial charge is 0.363 e. The van der Waals surface area contributed by atoms with E-state index in [-0.39, 0.29) is 6.17 Å². The second kappa shape index (κ2) is 5.11. The number of rotatable bonds is 3. The van der Waals surface area contributed by atoms with Gasteiger partial charge in [0.25, 0.3) is 0 Å². The predicted molar refractivity (Wildman–Crippen MR) is 79.3 cm³/mol. The van der Waals surface area contributed by atoms with Crippen molar-refractivity contribution in [3.05, 3.63) is 34.9 Å². The number of aromatic nitrogens is 4. The smallest absolute Gasteiger partial charge is 0.200 e. The van der Waals surface area contributed by atoms with Gasteiger partial charge in [0.2, 0.25) is 6.17 Å². The molecule has 6 heteroatoms. The molecule has 0 bridgehead atoms. The predicted octanol–water partition coefficient (Wildman–Crippen LogP) is 1.90. The van der Waals surface area contributed by atoms with Crippen molar-refractivity contribution in [3.8, 4) is 0 Å². The van der Waals surface area contributed by atoms with E-state index in [1.807, 2.05) is 63.3 Å². The van der Waals surface area contributed by atoms with Crippen molar-refractivity contribution in [3.63, 3.8) is 0 Å². The molecule has 0 atom stereocenters. The van der Waals surface area contributed by atoms with Gasteiger partial charge in [-0.05, 0) is 39.8 Å². The Bertz CT molecular complexity index is 588. The average molecular weight is 274 g/mol. The Labute approximate surface area is 119 Å². The lowest BCUT2D eigenvalue weighted by Gasteiger charge is -2.26. The molecule has 0 spiro atoms. The molecule has 0 saturated heterocycles. The van der Waals surface area contributed by atoms with Crippen LogP contribution in [-0.2, 0) is 0 Å². The standard InChI is InChI=1S/C14H22N6/c1-9-7-11(3)19(16-9)14(13(15)18(5)6)20-12(4)8-10(2)17-20/h7-8,14-15H,1-6H3. The molecule has 0 aromatic carbocycles. The molecule has 0 aliphatic heterocycles. The van der Waals surface area contributed by atoms with Gasteiger partial charge < -0.3 is 4.90 Å². The minimum Gasteiger partial charge on any atom is -0.363 e. The molecule has 0 radical (unpaired) electrons. The monoisotopic (exact) mass is 274 g/mol. The van der Waals surface area contributed by atoms with Crippen LogP contribution in [0.1, 0.15) is 28.9 Å². The molecule has 2 aromatic rings. The molecule has 6 nitrogen and oxygen atoms in total. The van der Waals surface area contributed by atoms with E-state index in [0.29, 0.717) is 5.84 Å². The highest BCUT2D eigenvalue weighted by Crippen LogP contribution is 2.18.